The third-order valence-corrected chi connectivity index (χ3v) is 3.69. The van der Waals surface area contributed by atoms with Gasteiger partial charge in [-0.15, -0.1) is 21.2 Å². The molecule has 1 heterocycles. The van der Waals surface area contributed by atoms with Crippen LogP contribution in [0, 0.1) is 5.92 Å². The molecule has 0 saturated heterocycles. The number of thioether (sulfide) groups is 1. The van der Waals surface area contributed by atoms with Gasteiger partial charge in [0.1, 0.15) is 0 Å². The molecule has 0 aliphatic heterocycles. The molecule has 1 aromatic rings. The molecule has 0 saturated carbocycles. The molecule has 1 aromatic heterocycles. The van der Waals surface area contributed by atoms with E-state index < -0.39 is 32.1 Å². The van der Waals surface area contributed by atoms with E-state index in [0.717, 1.165) is 11.8 Å². The van der Waals surface area contributed by atoms with E-state index >= 15 is 0 Å². The van der Waals surface area contributed by atoms with E-state index in [0.29, 0.717) is 5.75 Å². The van der Waals surface area contributed by atoms with Crippen LogP contribution in [-0.4, -0.2) is 32.8 Å². The largest absolute Gasteiger partial charge is 0.695 e. The van der Waals surface area contributed by atoms with E-state index in [1.807, 2.05) is 0 Å². The summed E-state index contributed by atoms with van der Waals surface area (Å²) in [5.74, 6) is -0.151. The molecule has 0 aliphatic carbocycles. The van der Waals surface area contributed by atoms with Gasteiger partial charge in [0.2, 0.25) is 0 Å². The van der Waals surface area contributed by atoms with Gasteiger partial charge in [-0.3, -0.25) is 14.2 Å². The van der Waals surface area contributed by atoms with Crippen LogP contribution in [0.15, 0.2) is 21.9 Å². The summed E-state index contributed by atoms with van der Waals surface area (Å²) in [6.07, 6.45) is 1.30. The Bertz CT molecular complexity index is 534. The summed E-state index contributed by atoms with van der Waals surface area (Å²) in [5, 5.41) is 0. The van der Waals surface area contributed by atoms with Gasteiger partial charge in [0, 0.05) is 35.0 Å². The Morgan fingerprint density at radius 2 is 2.32 bits per heavy atom. The lowest BCUT2D eigenvalue weighted by atomic mass is 10.2. The number of rotatable bonds is 8. The van der Waals surface area contributed by atoms with Gasteiger partial charge in [-0.2, -0.15) is 0 Å². The Hall–Kier alpha value is -1.02. The Balaban J connectivity index is 2.49. The van der Waals surface area contributed by atoms with Gasteiger partial charge in [-0.25, -0.2) is 4.79 Å². The molecule has 7 nitrogen and oxygen atoms in total. The smallest absolute Gasteiger partial charge is 0.300 e. The average molecular weight is 311 g/mol. The van der Waals surface area contributed by atoms with Gasteiger partial charge < -0.3 is 4.57 Å². The highest BCUT2D eigenvalue weighted by atomic mass is 32.2. The van der Waals surface area contributed by atoms with Gasteiger partial charge in [-0.05, 0) is 0 Å². The van der Waals surface area contributed by atoms with Crippen LogP contribution in [0.5, 0.6) is 0 Å². The molecule has 0 amide bonds. The Labute approximate surface area is 112 Å². The van der Waals surface area contributed by atoms with Crippen LogP contribution in [0.3, 0.4) is 0 Å². The zero-order chi connectivity index (χ0) is 14.3. The van der Waals surface area contributed by atoms with Crippen molar-refractivity contribution in [2.24, 2.45) is 5.92 Å². The monoisotopic (exact) mass is 311 g/mol. The van der Waals surface area contributed by atoms with Crippen molar-refractivity contribution in [1.29, 1.82) is 0 Å². The summed E-state index contributed by atoms with van der Waals surface area (Å²) in [7, 11) is -2.65. The SMILES string of the molecule is O=c1ccn(CC(CF)CSCO[P+](=O)O)c(=O)[nH]1. The fraction of sp³-hybridized carbons (Fsp3) is 0.556. The molecule has 19 heavy (non-hydrogen) atoms. The lowest BCUT2D eigenvalue weighted by molar-refractivity contribution is 0.327. The lowest BCUT2D eigenvalue weighted by Crippen LogP contribution is -2.31. The average Bonchev–Trinajstić information content (AvgIpc) is 2.35. The van der Waals surface area contributed by atoms with Crippen molar-refractivity contribution >= 4 is 20.0 Å². The summed E-state index contributed by atoms with van der Waals surface area (Å²) in [6.45, 7) is -0.534. The minimum Gasteiger partial charge on any atom is -0.300 e. The number of nitrogens with zero attached hydrogens (tertiary/aromatic N) is 1. The highest BCUT2D eigenvalue weighted by molar-refractivity contribution is 7.99. The number of alkyl halides is 1. The highest BCUT2D eigenvalue weighted by Crippen LogP contribution is 2.19. The van der Waals surface area contributed by atoms with Gasteiger partial charge in [0.25, 0.3) is 5.56 Å². The minimum absolute atomic E-state index is 0.0251. The van der Waals surface area contributed by atoms with E-state index in [-0.39, 0.29) is 12.5 Å². The Kier molecular flexibility index (Phi) is 6.93. The van der Waals surface area contributed by atoms with E-state index in [1.165, 1.54) is 16.8 Å². The summed E-state index contributed by atoms with van der Waals surface area (Å²) >= 11 is 1.15. The van der Waals surface area contributed by atoms with Gasteiger partial charge in [-0.1, -0.05) is 0 Å². The lowest BCUT2D eigenvalue weighted by Gasteiger charge is -2.13. The fourth-order valence-corrected chi connectivity index (χ4v) is 2.59. The highest BCUT2D eigenvalue weighted by Gasteiger charge is 2.14. The summed E-state index contributed by atoms with van der Waals surface area (Å²) in [4.78, 5) is 32.7. The molecule has 0 spiro atoms. The van der Waals surface area contributed by atoms with E-state index in [4.69, 9.17) is 4.89 Å². The van der Waals surface area contributed by atoms with Crippen molar-refractivity contribution in [3.63, 3.8) is 0 Å². The molecule has 0 aromatic carbocycles. The second-order valence-corrected chi connectivity index (χ2v) is 5.35. The van der Waals surface area contributed by atoms with Crippen molar-refractivity contribution in [3.05, 3.63) is 33.1 Å². The number of H-pyrrole nitrogens is 1. The van der Waals surface area contributed by atoms with Crippen LogP contribution in [0.2, 0.25) is 0 Å². The second-order valence-electron chi connectivity index (χ2n) is 3.64. The first kappa shape index (κ1) is 16.0. The van der Waals surface area contributed by atoms with Crippen molar-refractivity contribution in [1.82, 2.24) is 9.55 Å². The zero-order valence-electron chi connectivity index (χ0n) is 9.82. The third-order valence-electron chi connectivity index (χ3n) is 2.17. The van der Waals surface area contributed by atoms with Crippen molar-refractivity contribution in [2.45, 2.75) is 6.54 Å². The molecular formula is C9H13FN2O5PS+. The van der Waals surface area contributed by atoms with Crippen LogP contribution in [0.4, 0.5) is 4.39 Å². The molecule has 0 radical (unpaired) electrons. The van der Waals surface area contributed by atoms with Crippen LogP contribution in [-0.2, 0) is 15.6 Å². The topological polar surface area (TPSA) is 101 Å². The molecule has 2 atom stereocenters. The second kappa shape index (κ2) is 8.21. The standard InChI is InChI=1S/C9H12FN2O5PS/c10-3-7(5-19-6-17-18(15)16)4-12-2-1-8(13)11-9(12)14/h1-2,7H,3-6H2,(H-,11,13,14,15,16)/p+1. The maximum atomic E-state index is 12.8. The Morgan fingerprint density at radius 1 is 1.58 bits per heavy atom. The molecule has 2 unspecified atom stereocenters. The van der Waals surface area contributed by atoms with Crippen molar-refractivity contribution in [3.8, 4) is 0 Å². The molecule has 106 valence electrons. The molecule has 0 bridgehead atoms. The summed E-state index contributed by atoms with van der Waals surface area (Å²) in [6, 6.07) is 1.18. The van der Waals surface area contributed by atoms with Crippen LogP contribution in [0.25, 0.3) is 0 Å². The van der Waals surface area contributed by atoms with E-state index in [2.05, 4.69) is 9.51 Å². The number of aromatic amines is 1. The fourth-order valence-electron chi connectivity index (χ4n) is 1.31. The minimum atomic E-state index is -2.65. The third kappa shape index (κ3) is 6.11. The predicted octanol–water partition coefficient (Wildman–Crippen LogP) is 0.479. The number of hydrogen-bond donors (Lipinski definition) is 2. The molecular weight excluding hydrogens is 298 g/mol. The zero-order valence-corrected chi connectivity index (χ0v) is 11.5. The first-order valence-electron chi connectivity index (χ1n) is 5.25. The van der Waals surface area contributed by atoms with E-state index in [9.17, 15) is 18.5 Å². The predicted molar refractivity (Wildman–Crippen MR) is 69.0 cm³/mol. The number of aromatic nitrogens is 2. The maximum Gasteiger partial charge on any atom is 0.695 e. The van der Waals surface area contributed by atoms with Crippen molar-refractivity contribution in [2.75, 3.05) is 18.4 Å². The first-order valence-corrected chi connectivity index (χ1v) is 7.54. The van der Waals surface area contributed by atoms with Gasteiger partial charge in [0.05, 0.1) is 6.67 Å². The Morgan fingerprint density at radius 3 is 2.89 bits per heavy atom. The number of hydrogen-bond acceptors (Lipinski definition) is 5. The molecule has 10 heteroatoms. The van der Waals surface area contributed by atoms with Crippen molar-refractivity contribution < 1.29 is 18.4 Å². The molecule has 2 N–H and O–H groups in total. The van der Waals surface area contributed by atoms with Crippen LogP contribution in [0.1, 0.15) is 0 Å². The first-order chi connectivity index (χ1) is 9.02. The number of halogens is 1. The van der Waals surface area contributed by atoms with Gasteiger partial charge in [0.15, 0.2) is 5.94 Å². The van der Waals surface area contributed by atoms with E-state index in [1.54, 1.807) is 0 Å². The maximum absolute atomic E-state index is 12.8. The molecule has 1 rings (SSSR count). The van der Waals surface area contributed by atoms with Gasteiger partial charge >= 0.3 is 13.9 Å². The normalized spacial score (nSPS) is 13.3. The summed E-state index contributed by atoms with van der Waals surface area (Å²) in [5.41, 5.74) is -1.10. The van der Waals surface area contributed by atoms with Crippen LogP contribution < -0.4 is 11.2 Å². The molecule has 0 fully saturated rings. The summed E-state index contributed by atoms with van der Waals surface area (Å²) < 4.78 is 28.7. The molecule has 0 aliphatic rings. The van der Waals surface area contributed by atoms with Crippen LogP contribution >= 0.6 is 20.0 Å². The number of nitrogens with one attached hydrogen (secondary N) is 1. The quantitative estimate of drug-likeness (QED) is 0.411.